The molecule has 2 N–H and O–H groups in total. The van der Waals surface area contributed by atoms with Crippen molar-refractivity contribution in [2.24, 2.45) is 5.92 Å². The van der Waals surface area contributed by atoms with Crippen molar-refractivity contribution in [3.8, 4) is 0 Å². The molecule has 0 saturated heterocycles. The fourth-order valence-electron chi connectivity index (χ4n) is 2.49. The minimum Gasteiger partial charge on any atom is -0.313 e. The largest absolute Gasteiger partial charge is 0.313 e. The van der Waals surface area contributed by atoms with E-state index in [4.69, 9.17) is 0 Å². The van der Waals surface area contributed by atoms with Gasteiger partial charge in [0.05, 0.1) is 0 Å². The Labute approximate surface area is 102 Å². The summed E-state index contributed by atoms with van der Waals surface area (Å²) in [6, 6.07) is 0.782. The average Bonchev–Trinajstić information content (AvgIpc) is 2.24. The summed E-state index contributed by atoms with van der Waals surface area (Å²) in [4.78, 5) is 0. The lowest BCUT2D eigenvalue weighted by Gasteiger charge is -2.29. The third kappa shape index (κ3) is 5.86. The van der Waals surface area contributed by atoms with Crippen LogP contribution in [0.2, 0.25) is 0 Å². The van der Waals surface area contributed by atoms with Crippen LogP contribution in [-0.4, -0.2) is 24.7 Å². The van der Waals surface area contributed by atoms with Crippen molar-refractivity contribution in [2.45, 2.75) is 71.4 Å². The first kappa shape index (κ1) is 14.0. The van der Waals surface area contributed by atoms with E-state index in [0.29, 0.717) is 0 Å². The highest BCUT2D eigenvalue weighted by Gasteiger charge is 2.19. The topological polar surface area (TPSA) is 24.1 Å². The summed E-state index contributed by atoms with van der Waals surface area (Å²) < 4.78 is 0. The minimum absolute atomic E-state index is 0.252. The number of rotatable bonds is 5. The highest BCUT2D eigenvalue weighted by molar-refractivity contribution is 4.77. The monoisotopic (exact) mass is 226 g/mol. The van der Waals surface area contributed by atoms with Crippen molar-refractivity contribution >= 4 is 0 Å². The molecular weight excluding hydrogens is 196 g/mol. The zero-order valence-electron chi connectivity index (χ0n) is 11.6. The van der Waals surface area contributed by atoms with Crippen LogP contribution >= 0.6 is 0 Å². The van der Waals surface area contributed by atoms with E-state index >= 15 is 0 Å². The summed E-state index contributed by atoms with van der Waals surface area (Å²) in [7, 11) is 0. The fourth-order valence-corrected chi connectivity index (χ4v) is 2.49. The molecule has 0 amide bonds. The molecule has 1 saturated carbocycles. The minimum atomic E-state index is 0.252. The zero-order chi connectivity index (χ0) is 12.0. The van der Waals surface area contributed by atoms with Gasteiger partial charge in [0.25, 0.3) is 0 Å². The van der Waals surface area contributed by atoms with Crippen molar-refractivity contribution in [3.63, 3.8) is 0 Å². The molecule has 0 spiro atoms. The molecule has 0 heterocycles. The molecule has 0 aromatic rings. The van der Waals surface area contributed by atoms with Gasteiger partial charge < -0.3 is 10.6 Å². The van der Waals surface area contributed by atoms with E-state index in [1.54, 1.807) is 0 Å². The van der Waals surface area contributed by atoms with Gasteiger partial charge in [0, 0.05) is 24.7 Å². The van der Waals surface area contributed by atoms with Crippen LogP contribution in [0.4, 0.5) is 0 Å². The molecule has 0 bridgehead atoms. The molecule has 1 aliphatic carbocycles. The molecule has 2 nitrogen and oxygen atoms in total. The molecule has 16 heavy (non-hydrogen) atoms. The van der Waals surface area contributed by atoms with Gasteiger partial charge in [-0.2, -0.15) is 0 Å². The van der Waals surface area contributed by atoms with Crippen molar-refractivity contribution < 1.29 is 0 Å². The Bertz CT molecular complexity index is 176. The van der Waals surface area contributed by atoms with Gasteiger partial charge in [0.1, 0.15) is 0 Å². The van der Waals surface area contributed by atoms with Crippen LogP contribution in [0.3, 0.4) is 0 Å². The van der Waals surface area contributed by atoms with Crippen molar-refractivity contribution in [1.82, 2.24) is 10.6 Å². The Kier molecular flexibility index (Phi) is 5.77. The van der Waals surface area contributed by atoms with E-state index in [1.807, 2.05) is 0 Å². The lowest BCUT2D eigenvalue weighted by molar-refractivity contribution is 0.283. The quantitative estimate of drug-likeness (QED) is 0.704. The molecule has 0 unspecified atom stereocenters. The van der Waals surface area contributed by atoms with E-state index in [9.17, 15) is 0 Å². The van der Waals surface area contributed by atoms with Gasteiger partial charge in [-0.1, -0.05) is 13.3 Å². The van der Waals surface area contributed by atoms with Crippen molar-refractivity contribution in [1.29, 1.82) is 0 Å². The van der Waals surface area contributed by atoms with Gasteiger partial charge in [0.15, 0.2) is 0 Å². The molecule has 2 heteroatoms. The van der Waals surface area contributed by atoms with Crippen LogP contribution in [0.15, 0.2) is 0 Å². The highest BCUT2D eigenvalue weighted by Crippen LogP contribution is 2.26. The van der Waals surface area contributed by atoms with Crippen LogP contribution in [0, 0.1) is 5.92 Å². The summed E-state index contributed by atoms with van der Waals surface area (Å²) in [5.74, 6) is 1.01. The summed E-state index contributed by atoms with van der Waals surface area (Å²) in [6.07, 6.45) is 7.00. The number of hydrogen-bond acceptors (Lipinski definition) is 2. The number of hydrogen-bond donors (Lipinski definition) is 2. The molecule has 0 aromatic carbocycles. The van der Waals surface area contributed by atoms with Crippen LogP contribution in [0.25, 0.3) is 0 Å². The van der Waals surface area contributed by atoms with Gasteiger partial charge >= 0.3 is 0 Å². The molecule has 1 aliphatic rings. The van der Waals surface area contributed by atoms with Gasteiger partial charge in [-0.15, -0.1) is 0 Å². The second-order valence-corrected chi connectivity index (χ2v) is 6.26. The predicted molar refractivity (Wildman–Crippen MR) is 71.8 cm³/mol. The third-order valence-electron chi connectivity index (χ3n) is 3.64. The standard InChI is InChI=1S/C14H30N2/c1-5-12-6-8-13(9-7-12)15-10-11-16-14(2,3)4/h12-13,15-16H,5-11H2,1-4H3. The highest BCUT2D eigenvalue weighted by atomic mass is 15.0. The van der Waals surface area contributed by atoms with E-state index in [-0.39, 0.29) is 5.54 Å². The molecule has 1 fully saturated rings. The molecule has 0 aromatic heterocycles. The first-order valence-electron chi connectivity index (χ1n) is 6.99. The van der Waals surface area contributed by atoms with E-state index in [0.717, 1.165) is 25.0 Å². The van der Waals surface area contributed by atoms with Gasteiger partial charge in [0.2, 0.25) is 0 Å². The molecule has 1 rings (SSSR count). The summed E-state index contributed by atoms with van der Waals surface area (Å²) in [6.45, 7) is 11.2. The second kappa shape index (κ2) is 6.61. The molecule has 0 aliphatic heterocycles. The van der Waals surface area contributed by atoms with E-state index in [1.165, 1.54) is 32.1 Å². The fraction of sp³-hybridized carbons (Fsp3) is 1.00. The smallest absolute Gasteiger partial charge is 0.00970 e. The Morgan fingerprint density at radius 1 is 1.00 bits per heavy atom. The average molecular weight is 226 g/mol. The summed E-state index contributed by atoms with van der Waals surface area (Å²) in [5.41, 5.74) is 0.252. The maximum absolute atomic E-state index is 3.68. The Hall–Kier alpha value is -0.0800. The SMILES string of the molecule is CCC1CCC(NCCNC(C)(C)C)CC1. The number of nitrogens with one attached hydrogen (secondary N) is 2. The van der Waals surface area contributed by atoms with Crippen LogP contribution in [-0.2, 0) is 0 Å². The maximum atomic E-state index is 3.68. The Morgan fingerprint density at radius 3 is 2.12 bits per heavy atom. The second-order valence-electron chi connectivity index (χ2n) is 6.26. The van der Waals surface area contributed by atoms with Crippen LogP contribution in [0.5, 0.6) is 0 Å². The molecule has 0 atom stereocenters. The Balaban J connectivity index is 2.02. The van der Waals surface area contributed by atoms with Crippen molar-refractivity contribution in [3.05, 3.63) is 0 Å². The molecular formula is C14H30N2. The normalized spacial score (nSPS) is 27.0. The third-order valence-corrected chi connectivity index (χ3v) is 3.64. The van der Waals surface area contributed by atoms with Gasteiger partial charge in [-0.05, 0) is 52.4 Å². The van der Waals surface area contributed by atoms with Gasteiger partial charge in [-0.25, -0.2) is 0 Å². The van der Waals surface area contributed by atoms with E-state index in [2.05, 4.69) is 38.3 Å². The maximum Gasteiger partial charge on any atom is 0.00970 e. The molecule has 96 valence electrons. The summed E-state index contributed by atoms with van der Waals surface area (Å²) >= 11 is 0. The summed E-state index contributed by atoms with van der Waals surface area (Å²) in [5, 5.41) is 7.20. The lowest BCUT2D eigenvalue weighted by Crippen LogP contribution is -2.43. The lowest BCUT2D eigenvalue weighted by atomic mass is 9.84. The van der Waals surface area contributed by atoms with Gasteiger partial charge in [-0.3, -0.25) is 0 Å². The first-order chi connectivity index (χ1) is 7.51. The predicted octanol–water partition coefficient (Wildman–Crippen LogP) is 2.93. The van der Waals surface area contributed by atoms with Crippen LogP contribution in [0.1, 0.15) is 59.8 Å². The van der Waals surface area contributed by atoms with Crippen LogP contribution < -0.4 is 10.6 Å². The Morgan fingerprint density at radius 2 is 1.62 bits per heavy atom. The van der Waals surface area contributed by atoms with Crippen molar-refractivity contribution in [2.75, 3.05) is 13.1 Å². The zero-order valence-corrected chi connectivity index (χ0v) is 11.6. The molecule has 0 radical (unpaired) electrons. The van der Waals surface area contributed by atoms with E-state index < -0.39 is 0 Å². The first-order valence-corrected chi connectivity index (χ1v) is 6.99.